The Balaban J connectivity index is 2.56. The summed E-state index contributed by atoms with van der Waals surface area (Å²) in [6, 6.07) is 4.03. The molecule has 90 valence electrons. The third kappa shape index (κ3) is 4.29. The first-order valence-electron chi connectivity index (χ1n) is 5.91. The lowest BCUT2D eigenvalue weighted by molar-refractivity contribution is 0.0155. The molecule has 0 spiro atoms. The van der Waals surface area contributed by atoms with Crippen LogP contribution < -0.4 is 0 Å². The standard InChI is InChI=1S/C13H22N2O/c1-4-13(3,16)11-15(5-2)10-12-6-8-14-9-7-12/h6-9,16H,4-5,10-11H2,1-3H3. The fourth-order valence-corrected chi connectivity index (χ4v) is 1.62. The minimum Gasteiger partial charge on any atom is -0.389 e. The molecule has 0 aliphatic heterocycles. The van der Waals surface area contributed by atoms with Crippen LogP contribution in [-0.4, -0.2) is 33.7 Å². The molecule has 1 unspecified atom stereocenters. The van der Waals surface area contributed by atoms with Crippen molar-refractivity contribution < 1.29 is 5.11 Å². The van der Waals surface area contributed by atoms with Crippen LogP contribution in [0.2, 0.25) is 0 Å². The Labute approximate surface area is 98.1 Å². The predicted molar refractivity (Wildman–Crippen MR) is 66.1 cm³/mol. The second-order valence-corrected chi connectivity index (χ2v) is 4.51. The summed E-state index contributed by atoms with van der Waals surface area (Å²) in [4.78, 5) is 6.25. The van der Waals surface area contributed by atoms with Crippen LogP contribution in [0.15, 0.2) is 24.5 Å². The SMILES string of the molecule is CCN(Cc1ccncc1)CC(C)(O)CC. The zero-order chi connectivity index (χ0) is 12.0. The Kier molecular flexibility index (Phi) is 4.90. The maximum atomic E-state index is 10.0. The van der Waals surface area contributed by atoms with Gasteiger partial charge in [-0.2, -0.15) is 0 Å². The molecule has 0 amide bonds. The summed E-state index contributed by atoms with van der Waals surface area (Å²) in [5.74, 6) is 0. The van der Waals surface area contributed by atoms with Crippen molar-refractivity contribution in [1.29, 1.82) is 0 Å². The van der Waals surface area contributed by atoms with Gasteiger partial charge < -0.3 is 5.11 Å². The number of hydrogen-bond donors (Lipinski definition) is 1. The van der Waals surface area contributed by atoms with Crippen molar-refractivity contribution >= 4 is 0 Å². The monoisotopic (exact) mass is 222 g/mol. The molecule has 3 heteroatoms. The largest absolute Gasteiger partial charge is 0.389 e. The summed E-state index contributed by atoms with van der Waals surface area (Å²) in [5, 5.41) is 10.0. The zero-order valence-corrected chi connectivity index (χ0v) is 10.5. The van der Waals surface area contributed by atoms with E-state index >= 15 is 0 Å². The number of aromatic nitrogens is 1. The first-order valence-corrected chi connectivity index (χ1v) is 5.91. The average Bonchev–Trinajstić information content (AvgIpc) is 2.29. The van der Waals surface area contributed by atoms with Crippen LogP contribution in [0.3, 0.4) is 0 Å². The number of nitrogens with zero attached hydrogens (tertiary/aromatic N) is 2. The fraction of sp³-hybridized carbons (Fsp3) is 0.615. The minimum absolute atomic E-state index is 0.594. The molecule has 1 N–H and O–H groups in total. The third-order valence-corrected chi connectivity index (χ3v) is 2.93. The average molecular weight is 222 g/mol. The van der Waals surface area contributed by atoms with Crippen molar-refractivity contribution in [2.24, 2.45) is 0 Å². The predicted octanol–water partition coefficient (Wildman–Crippen LogP) is 2.06. The van der Waals surface area contributed by atoms with Crippen LogP contribution in [0.25, 0.3) is 0 Å². The van der Waals surface area contributed by atoms with Crippen molar-refractivity contribution in [2.75, 3.05) is 13.1 Å². The molecule has 1 aromatic heterocycles. The molecule has 1 rings (SSSR count). The number of rotatable bonds is 6. The number of likely N-dealkylation sites (N-methyl/N-ethyl adjacent to an activating group) is 1. The highest BCUT2D eigenvalue weighted by Crippen LogP contribution is 2.13. The van der Waals surface area contributed by atoms with Gasteiger partial charge in [-0.25, -0.2) is 0 Å². The van der Waals surface area contributed by atoms with Crippen LogP contribution in [-0.2, 0) is 6.54 Å². The quantitative estimate of drug-likeness (QED) is 0.800. The van der Waals surface area contributed by atoms with Gasteiger partial charge in [-0.05, 0) is 37.6 Å². The zero-order valence-electron chi connectivity index (χ0n) is 10.5. The maximum Gasteiger partial charge on any atom is 0.0743 e. The second-order valence-electron chi connectivity index (χ2n) is 4.51. The molecule has 0 radical (unpaired) electrons. The normalized spacial score (nSPS) is 15.1. The molecule has 0 fully saturated rings. The van der Waals surface area contributed by atoms with Gasteiger partial charge in [0, 0.05) is 25.5 Å². The van der Waals surface area contributed by atoms with Crippen LogP contribution in [0.1, 0.15) is 32.8 Å². The van der Waals surface area contributed by atoms with E-state index in [4.69, 9.17) is 0 Å². The highest BCUT2D eigenvalue weighted by Gasteiger charge is 2.20. The Hall–Kier alpha value is -0.930. The highest BCUT2D eigenvalue weighted by molar-refractivity contribution is 5.09. The first kappa shape index (κ1) is 13.1. The molecule has 1 atom stereocenters. The molecule has 0 saturated heterocycles. The lowest BCUT2D eigenvalue weighted by atomic mass is 10.0. The molecule has 1 aromatic rings. The van der Waals surface area contributed by atoms with Crippen molar-refractivity contribution in [3.63, 3.8) is 0 Å². The second kappa shape index (κ2) is 5.97. The van der Waals surface area contributed by atoms with E-state index < -0.39 is 5.60 Å². The van der Waals surface area contributed by atoms with Gasteiger partial charge in [-0.1, -0.05) is 13.8 Å². The summed E-state index contributed by atoms with van der Waals surface area (Å²) in [6.45, 7) is 8.55. The van der Waals surface area contributed by atoms with E-state index in [2.05, 4.69) is 16.8 Å². The number of hydrogen-bond acceptors (Lipinski definition) is 3. The van der Waals surface area contributed by atoms with Gasteiger partial charge in [0.25, 0.3) is 0 Å². The summed E-state index contributed by atoms with van der Waals surface area (Å²) in [6.07, 6.45) is 4.39. The van der Waals surface area contributed by atoms with E-state index in [0.29, 0.717) is 6.54 Å². The third-order valence-electron chi connectivity index (χ3n) is 2.93. The Bertz CT molecular complexity index is 298. The Morgan fingerprint density at radius 1 is 1.31 bits per heavy atom. The van der Waals surface area contributed by atoms with Crippen molar-refractivity contribution in [3.05, 3.63) is 30.1 Å². The number of aliphatic hydroxyl groups is 1. The van der Waals surface area contributed by atoms with Crippen LogP contribution in [0, 0.1) is 0 Å². The Morgan fingerprint density at radius 2 is 1.94 bits per heavy atom. The van der Waals surface area contributed by atoms with E-state index in [1.165, 1.54) is 5.56 Å². The number of pyridine rings is 1. The van der Waals surface area contributed by atoms with Gasteiger partial charge in [0.1, 0.15) is 0 Å². The lowest BCUT2D eigenvalue weighted by Gasteiger charge is -2.30. The molecule has 0 saturated carbocycles. The van der Waals surface area contributed by atoms with Crippen molar-refractivity contribution in [3.8, 4) is 0 Å². The van der Waals surface area contributed by atoms with E-state index in [0.717, 1.165) is 19.5 Å². The van der Waals surface area contributed by atoms with Gasteiger partial charge in [-0.3, -0.25) is 9.88 Å². The summed E-state index contributed by atoms with van der Waals surface area (Å²) in [5.41, 5.74) is 0.645. The van der Waals surface area contributed by atoms with Gasteiger partial charge >= 0.3 is 0 Å². The van der Waals surface area contributed by atoms with Crippen molar-refractivity contribution in [2.45, 2.75) is 39.3 Å². The van der Waals surface area contributed by atoms with Gasteiger partial charge in [0.05, 0.1) is 5.60 Å². The maximum absolute atomic E-state index is 10.0. The van der Waals surface area contributed by atoms with E-state index in [-0.39, 0.29) is 0 Å². The Morgan fingerprint density at radius 3 is 2.44 bits per heavy atom. The molecule has 0 aliphatic rings. The molecule has 0 aliphatic carbocycles. The summed E-state index contributed by atoms with van der Waals surface area (Å²) < 4.78 is 0. The van der Waals surface area contributed by atoms with E-state index in [1.54, 1.807) is 12.4 Å². The smallest absolute Gasteiger partial charge is 0.0743 e. The molecule has 0 bridgehead atoms. The minimum atomic E-state index is -0.594. The van der Waals surface area contributed by atoms with Gasteiger partial charge in [0.15, 0.2) is 0 Å². The molecular formula is C13H22N2O. The summed E-state index contributed by atoms with van der Waals surface area (Å²) >= 11 is 0. The van der Waals surface area contributed by atoms with E-state index in [1.807, 2.05) is 26.0 Å². The molecular weight excluding hydrogens is 200 g/mol. The highest BCUT2D eigenvalue weighted by atomic mass is 16.3. The molecule has 1 heterocycles. The van der Waals surface area contributed by atoms with Gasteiger partial charge in [0.2, 0.25) is 0 Å². The van der Waals surface area contributed by atoms with Crippen LogP contribution in [0.5, 0.6) is 0 Å². The molecule has 0 aromatic carbocycles. The molecule has 16 heavy (non-hydrogen) atoms. The first-order chi connectivity index (χ1) is 7.57. The van der Waals surface area contributed by atoms with E-state index in [9.17, 15) is 5.11 Å². The van der Waals surface area contributed by atoms with Gasteiger partial charge in [-0.15, -0.1) is 0 Å². The summed E-state index contributed by atoms with van der Waals surface area (Å²) in [7, 11) is 0. The van der Waals surface area contributed by atoms with Crippen LogP contribution >= 0.6 is 0 Å². The van der Waals surface area contributed by atoms with Crippen molar-refractivity contribution in [1.82, 2.24) is 9.88 Å². The van der Waals surface area contributed by atoms with Crippen LogP contribution in [0.4, 0.5) is 0 Å². The fourth-order valence-electron chi connectivity index (χ4n) is 1.62. The lowest BCUT2D eigenvalue weighted by Crippen LogP contribution is -2.39. The topological polar surface area (TPSA) is 36.4 Å². The molecule has 3 nitrogen and oxygen atoms in total.